The third kappa shape index (κ3) is 1.96. The van der Waals surface area contributed by atoms with Crippen molar-refractivity contribution in [2.24, 2.45) is 23.0 Å². The Morgan fingerprint density at radius 3 is 2.84 bits per heavy atom. The summed E-state index contributed by atoms with van der Waals surface area (Å²) in [5, 5.41) is 0.842. The minimum Gasteiger partial charge on any atom is -0.493 e. The molecule has 0 radical (unpaired) electrons. The van der Waals surface area contributed by atoms with E-state index in [2.05, 4.69) is 12.1 Å². The molecule has 2 aliphatic carbocycles. The van der Waals surface area contributed by atoms with E-state index in [1.54, 1.807) is 0 Å². The lowest BCUT2D eigenvalue weighted by molar-refractivity contribution is 0.267. The molecule has 2 atom stereocenters. The van der Waals surface area contributed by atoms with Gasteiger partial charge in [-0.25, -0.2) is 0 Å². The van der Waals surface area contributed by atoms with Crippen LogP contribution < -0.4 is 10.5 Å². The van der Waals surface area contributed by atoms with E-state index in [4.69, 9.17) is 22.1 Å². The topological polar surface area (TPSA) is 35.2 Å². The first-order valence-corrected chi connectivity index (χ1v) is 7.71. The Morgan fingerprint density at radius 2 is 2.11 bits per heavy atom. The quantitative estimate of drug-likeness (QED) is 0.921. The van der Waals surface area contributed by atoms with Gasteiger partial charge in [-0.2, -0.15) is 0 Å². The molecule has 4 rings (SSSR count). The van der Waals surface area contributed by atoms with Crippen molar-refractivity contribution in [3.8, 4) is 5.75 Å². The van der Waals surface area contributed by atoms with E-state index in [0.29, 0.717) is 5.41 Å². The van der Waals surface area contributed by atoms with Gasteiger partial charge in [0.2, 0.25) is 0 Å². The molecule has 2 unspecified atom stereocenters. The van der Waals surface area contributed by atoms with Crippen LogP contribution in [-0.2, 0) is 12.8 Å². The lowest BCUT2D eigenvalue weighted by Crippen LogP contribution is -2.31. The van der Waals surface area contributed by atoms with E-state index in [1.807, 2.05) is 0 Å². The van der Waals surface area contributed by atoms with Crippen LogP contribution in [0, 0.1) is 17.3 Å². The van der Waals surface area contributed by atoms with E-state index in [0.717, 1.165) is 48.6 Å². The fraction of sp³-hybridized carbons (Fsp3) is 0.625. The van der Waals surface area contributed by atoms with E-state index in [1.165, 1.54) is 30.4 Å². The SMILES string of the molecule is NCC1(Cc2cc(Cl)cc3c2OCC3)CC2CC2C1. The fourth-order valence-corrected chi connectivity index (χ4v) is 4.53. The number of rotatable bonds is 3. The van der Waals surface area contributed by atoms with E-state index >= 15 is 0 Å². The molecule has 2 N–H and O–H groups in total. The smallest absolute Gasteiger partial charge is 0.125 e. The molecule has 3 aliphatic rings. The highest BCUT2D eigenvalue weighted by Crippen LogP contribution is 2.60. The van der Waals surface area contributed by atoms with Crippen molar-refractivity contribution in [1.82, 2.24) is 0 Å². The highest BCUT2D eigenvalue weighted by molar-refractivity contribution is 6.30. The van der Waals surface area contributed by atoms with Gasteiger partial charge in [-0.1, -0.05) is 11.6 Å². The zero-order chi connectivity index (χ0) is 13.0. The standard InChI is InChI=1S/C16H20ClNO/c17-14-4-10-1-2-19-15(10)13(5-14)8-16(9-18)6-11-3-12(11)7-16/h4-5,11-12H,1-3,6-9,18H2. The molecule has 0 saturated heterocycles. The summed E-state index contributed by atoms with van der Waals surface area (Å²) < 4.78 is 5.82. The summed E-state index contributed by atoms with van der Waals surface area (Å²) in [6.45, 7) is 1.59. The third-order valence-electron chi connectivity index (χ3n) is 5.28. The number of hydrogen-bond acceptors (Lipinski definition) is 2. The van der Waals surface area contributed by atoms with Gasteiger partial charge in [-0.05, 0) is 72.7 Å². The summed E-state index contributed by atoms with van der Waals surface area (Å²) in [4.78, 5) is 0. The number of hydrogen-bond donors (Lipinski definition) is 1. The Balaban J connectivity index is 1.66. The van der Waals surface area contributed by atoms with Gasteiger partial charge in [0.25, 0.3) is 0 Å². The monoisotopic (exact) mass is 277 g/mol. The summed E-state index contributed by atoms with van der Waals surface area (Å²) in [5.74, 6) is 3.01. The number of halogens is 1. The molecule has 0 amide bonds. The number of nitrogens with two attached hydrogens (primary N) is 1. The Bertz CT molecular complexity index is 518. The van der Waals surface area contributed by atoms with Gasteiger partial charge in [0.1, 0.15) is 5.75 Å². The van der Waals surface area contributed by atoms with Crippen LogP contribution in [-0.4, -0.2) is 13.2 Å². The highest BCUT2D eigenvalue weighted by atomic mass is 35.5. The second kappa shape index (κ2) is 4.13. The molecule has 1 aromatic rings. The number of fused-ring (bicyclic) bond motifs is 2. The molecule has 3 heteroatoms. The van der Waals surface area contributed by atoms with Crippen molar-refractivity contribution >= 4 is 11.6 Å². The Labute approximate surface area is 119 Å². The molecule has 2 nitrogen and oxygen atoms in total. The number of ether oxygens (including phenoxy) is 1. The van der Waals surface area contributed by atoms with Gasteiger partial charge in [0.05, 0.1) is 6.61 Å². The summed E-state index contributed by atoms with van der Waals surface area (Å²) in [5.41, 5.74) is 8.97. The number of benzene rings is 1. The first kappa shape index (κ1) is 12.0. The maximum Gasteiger partial charge on any atom is 0.125 e. The molecular formula is C16H20ClNO. The molecule has 0 spiro atoms. The Morgan fingerprint density at radius 1 is 1.32 bits per heavy atom. The lowest BCUT2D eigenvalue weighted by atomic mass is 9.77. The van der Waals surface area contributed by atoms with Crippen molar-refractivity contribution in [3.63, 3.8) is 0 Å². The molecular weight excluding hydrogens is 258 g/mol. The van der Waals surface area contributed by atoms with Crippen molar-refractivity contribution in [1.29, 1.82) is 0 Å². The zero-order valence-corrected chi connectivity index (χ0v) is 11.9. The molecule has 2 fully saturated rings. The Kier molecular flexibility index (Phi) is 2.62. The molecule has 2 saturated carbocycles. The summed E-state index contributed by atoms with van der Waals surface area (Å²) in [6, 6.07) is 4.14. The molecule has 0 aromatic heterocycles. The molecule has 0 bridgehead atoms. The second-order valence-corrected chi connectivity index (χ2v) is 7.13. The van der Waals surface area contributed by atoms with Crippen LogP contribution in [0.3, 0.4) is 0 Å². The van der Waals surface area contributed by atoms with Crippen LogP contribution in [0.15, 0.2) is 12.1 Å². The van der Waals surface area contributed by atoms with Gasteiger partial charge in [0, 0.05) is 11.4 Å². The van der Waals surface area contributed by atoms with Crippen molar-refractivity contribution in [2.75, 3.05) is 13.2 Å². The normalized spacial score (nSPS) is 34.8. The highest BCUT2D eigenvalue weighted by Gasteiger charge is 2.53. The van der Waals surface area contributed by atoms with Crippen LogP contribution in [0.25, 0.3) is 0 Å². The lowest BCUT2D eigenvalue weighted by Gasteiger charge is -2.30. The summed E-state index contributed by atoms with van der Waals surface area (Å²) >= 11 is 6.25. The van der Waals surface area contributed by atoms with Crippen LogP contribution >= 0.6 is 11.6 Å². The third-order valence-corrected chi connectivity index (χ3v) is 5.50. The molecule has 19 heavy (non-hydrogen) atoms. The predicted octanol–water partition coefficient (Wildman–Crippen LogP) is 3.19. The second-order valence-electron chi connectivity index (χ2n) is 6.70. The zero-order valence-electron chi connectivity index (χ0n) is 11.1. The average Bonchev–Trinajstić information content (AvgIpc) is 2.82. The Hall–Kier alpha value is -0.730. The largest absolute Gasteiger partial charge is 0.493 e. The van der Waals surface area contributed by atoms with Crippen LogP contribution in [0.4, 0.5) is 0 Å². The first-order valence-electron chi connectivity index (χ1n) is 7.33. The average molecular weight is 278 g/mol. The van der Waals surface area contributed by atoms with E-state index < -0.39 is 0 Å². The van der Waals surface area contributed by atoms with E-state index in [9.17, 15) is 0 Å². The summed E-state index contributed by atoms with van der Waals surface area (Å²) in [6.07, 6.45) is 6.07. The predicted molar refractivity (Wildman–Crippen MR) is 76.7 cm³/mol. The minimum absolute atomic E-state index is 0.304. The van der Waals surface area contributed by atoms with Crippen LogP contribution in [0.1, 0.15) is 30.4 Å². The van der Waals surface area contributed by atoms with Gasteiger partial charge in [0.15, 0.2) is 0 Å². The van der Waals surface area contributed by atoms with Crippen LogP contribution in [0.5, 0.6) is 5.75 Å². The molecule has 1 heterocycles. The van der Waals surface area contributed by atoms with Gasteiger partial charge < -0.3 is 10.5 Å². The van der Waals surface area contributed by atoms with Gasteiger partial charge >= 0.3 is 0 Å². The van der Waals surface area contributed by atoms with Gasteiger partial charge in [-0.3, -0.25) is 0 Å². The molecule has 1 aromatic carbocycles. The van der Waals surface area contributed by atoms with Crippen molar-refractivity contribution in [3.05, 3.63) is 28.3 Å². The van der Waals surface area contributed by atoms with E-state index in [-0.39, 0.29) is 0 Å². The maximum atomic E-state index is 6.25. The molecule has 1 aliphatic heterocycles. The fourth-order valence-electron chi connectivity index (χ4n) is 4.27. The minimum atomic E-state index is 0.304. The van der Waals surface area contributed by atoms with Crippen molar-refractivity contribution < 1.29 is 4.74 Å². The summed E-state index contributed by atoms with van der Waals surface area (Å²) in [7, 11) is 0. The first-order chi connectivity index (χ1) is 9.19. The van der Waals surface area contributed by atoms with Crippen LogP contribution in [0.2, 0.25) is 5.02 Å². The van der Waals surface area contributed by atoms with Crippen molar-refractivity contribution in [2.45, 2.75) is 32.1 Å². The maximum absolute atomic E-state index is 6.25. The van der Waals surface area contributed by atoms with Gasteiger partial charge in [-0.15, -0.1) is 0 Å². The molecule has 102 valence electrons.